The average Bonchev–Trinajstić information content (AvgIpc) is 3.18. The van der Waals surface area contributed by atoms with Gasteiger partial charge < -0.3 is 19.5 Å². The normalized spacial score (nSPS) is 20.3. The van der Waals surface area contributed by atoms with E-state index in [4.69, 9.17) is 9.47 Å². The first-order valence-corrected chi connectivity index (χ1v) is 13.8. The molecule has 2 aromatic rings. The van der Waals surface area contributed by atoms with Gasteiger partial charge in [-0.2, -0.15) is 0 Å². The topological polar surface area (TPSA) is 117 Å². The zero-order valence-corrected chi connectivity index (χ0v) is 22.6. The van der Waals surface area contributed by atoms with Crippen LogP contribution in [0.15, 0.2) is 59.0 Å². The van der Waals surface area contributed by atoms with Crippen LogP contribution in [0.1, 0.15) is 23.6 Å². The number of morpholine rings is 1. The lowest BCUT2D eigenvalue weighted by Crippen LogP contribution is -2.38. The Morgan fingerprint density at radius 2 is 1.66 bits per heavy atom. The van der Waals surface area contributed by atoms with Crippen LogP contribution in [0.25, 0.3) is 5.76 Å². The maximum Gasteiger partial charge on any atom is 0.295 e. The van der Waals surface area contributed by atoms with E-state index in [2.05, 4.69) is 4.90 Å². The van der Waals surface area contributed by atoms with Crippen molar-refractivity contribution in [2.24, 2.45) is 0 Å². The van der Waals surface area contributed by atoms with Gasteiger partial charge in [0, 0.05) is 45.8 Å². The number of likely N-dealkylation sites (tertiary alicyclic amines) is 1. The standard InChI is InChI=1S/C27H33N3O7S/c1-28(2)38(34,35)22-11-7-20(8-12-22)25(31)23-24(19-5-9-21(36-3)10-6-19)30(27(33)26(23)32)14-4-13-29-15-17-37-18-16-29/h5-12,24,31H,4,13-18H2,1-3H3/t24-/m1/s1. The van der Waals surface area contributed by atoms with Crippen molar-refractivity contribution in [1.29, 1.82) is 0 Å². The lowest BCUT2D eigenvalue weighted by Gasteiger charge is -2.29. The van der Waals surface area contributed by atoms with Crippen molar-refractivity contribution in [3.05, 3.63) is 65.2 Å². The lowest BCUT2D eigenvalue weighted by atomic mass is 9.95. The zero-order valence-electron chi connectivity index (χ0n) is 21.8. The number of ether oxygens (including phenoxy) is 2. The predicted octanol–water partition coefficient (Wildman–Crippen LogP) is 2.09. The molecule has 2 fully saturated rings. The van der Waals surface area contributed by atoms with E-state index in [0.717, 1.165) is 23.9 Å². The third kappa shape index (κ3) is 5.60. The van der Waals surface area contributed by atoms with Crippen molar-refractivity contribution < 1.29 is 32.6 Å². The highest BCUT2D eigenvalue weighted by Gasteiger charge is 2.45. The predicted molar refractivity (Wildman–Crippen MR) is 141 cm³/mol. The van der Waals surface area contributed by atoms with Crippen LogP contribution in [0, 0.1) is 0 Å². The molecule has 38 heavy (non-hydrogen) atoms. The Bertz CT molecular complexity index is 1300. The molecule has 2 aromatic carbocycles. The number of rotatable bonds is 9. The van der Waals surface area contributed by atoms with Gasteiger partial charge in [0.1, 0.15) is 11.5 Å². The molecule has 0 aromatic heterocycles. The second-order valence-electron chi connectivity index (χ2n) is 9.39. The van der Waals surface area contributed by atoms with E-state index in [1.807, 2.05) is 0 Å². The van der Waals surface area contributed by atoms with E-state index in [9.17, 15) is 23.1 Å². The molecule has 1 amide bonds. The van der Waals surface area contributed by atoms with Gasteiger partial charge in [-0.1, -0.05) is 12.1 Å². The molecule has 0 bridgehead atoms. The summed E-state index contributed by atoms with van der Waals surface area (Å²) < 4.78 is 36.6. The molecule has 10 nitrogen and oxygen atoms in total. The number of sulfonamides is 1. The second kappa shape index (κ2) is 11.6. The molecule has 4 rings (SSSR count). The fourth-order valence-electron chi connectivity index (χ4n) is 4.68. The van der Waals surface area contributed by atoms with Crippen LogP contribution in [0.3, 0.4) is 0 Å². The molecule has 2 heterocycles. The number of aliphatic hydroxyl groups is 1. The van der Waals surface area contributed by atoms with Crippen LogP contribution in [-0.4, -0.2) is 99.9 Å². The van der Waals surface area contributed by atoms with Crippen molar-refractivity contribution in [3.63, 3.8) is 0 Å². The number of amides is 1. The van der Waals surface area contributed by atoms with Gasteiger partial charge in [-0.25, -0.2) is 12.7 Å². The number of Topliss-reactive ketones (excluding diaryl/α,β-unsaturated/α-hetero) is 1. The van der Waals surface area contributed by atoms with E-state index in [1.54, 1.807) is 31.4 Å². The van der Waals surface area contributed by atoms with Gasteiger partial charge >= 0.3 is 0 Å². The number of carbonyl (C=O) groups is 2. The van der Waals surface area contributed by atoms with Gasteiger partial charge in [0.05, 0.1) is 36.8 Å². The maximum atomic E-state index is 13.3. The molecule has 1 atom stereocenters. The summed E-state index contributed by atoms with van der Waals surface area (Å²) in [6, 6.07) is 11.8. The summed E-state index contributed by atoms with van der Waals surface area (Å²) in [4.78, 5) is 30.3. The van der Waals surface area contributed by atoms with Crippen molar-refractivity contribution in [1.82, 2.24) is 14.1 Å². The number of hydrogen-bond donors (Lipinski definition) is 1. The number of hydrogen-bond acceptors (Lipinski definition) is 8. The monoisotopic (exact) mass is 543 g/mol. The van der Waals surface area contributed by atoms with E-state index >= 15 is 0 Å². The average molecular weight is 544 g/mol. The molecule has 2 aliphatic heterocycles. The molecule has 2 saturated heterocycles. The summed E-state index contributed by atoms with van der Waals surface area (Å²) >= 11 is 0. The van der Waals surface area contributed by atoms with Crippen LogP contribution >= 0.6 is 0 Å². The molecular weight excluding hydrogens is 510 g/mol. The minimum atomic E-state index is -3.66. The fourth-order valence-corrected chi connectivity index (χ4v) is 5.59. The highest BCUT2D eigenvalue weighted by atomic mass is 32.2. The Morgan fingerprint density at radius 3 is 2.24 bits per heavy atom. The van der Waals surface area contributed by atoms with Crippen LogP contribution in [0.5, 0.6) is 5.75 Å². The molecular formula is C27H33N3O7S. The summed E-state index contributed by atoms with van der Waals surface area (Å²) in [5.41, 5.74) is 0.868. The molecule has 204 valence electrons. The largest absolute Gasteiger partial charge is 0.507 e. The molecule has 0 saturated carbocycles. The van der Waals surface area contributed by atoms with Gasteiger partial charge in [0.15, 0.2) is 0 Å². The first-order valence-electron chi connectivity index (χ1n) is 12.4. The lowest BCUT2D eigenvalue weighted by molar-refractivity contribution is -0.140. The van der Waals surface area contributed by atoms with Crippen LogP contribution in [0.4, 0.5) is 0 Å². The third-order valence-electron chi connectivity index (χ3n) is 6.85. The van der Waals surface area contributed by atoms with Crippen molar-refractivity contribution in [3.8, 4) is 5.75 Å². The smallest absolute Gasteiger partial charge is 0.295 e. The summed E-state index contributed by atoms with van der Waals surface area (Å²) in [5.74, 6) is -1.19. The SMILES string of the molecule is COc1ccc([C@@H]2C(=C(O)c3ccc(S(=O)(=O)N(C)C)cc3)C(=O)C(=O)N2CCCN2CCOCC2)cc1. The molecule has 0 spiro atoms. The number of carbonyl (C=O) groups excluding carboxylic acids is 2. The van der Waals surface area contributed by atoms with E-state index in [-0.39, 0.29) is 21.8 Å². The molecule has 0 unspecified atom stereocenters. The Kier molecular flexibility index (Phi) is 8.51. The van der Waals surface area contributed by atoms with E-state index in [0.29, 0.717) is 37.5 Å². The molecule has 0 radical (unpaired) electrons. The molecule has 1 N–H and O–H groups in total. The van der Waals surface area contributed by atoms with Crippen molar-refractivity contribution in [2.45, 2.75) is 17.4 Å². The summed E-state index contributed by atoms with van der Waals surface area (Å²) in [5, 5.41) is 11.3. The summed E-state index contributed by atoms with van der Waals surface area (Å²) in [6.07, 6.45) is 0.650. The Morgan fingerprint density at radius 1 is 1.03 bits per heavy atom. The van der Waals surface area contributed by atoms with Gasteiger partial charge in [0.25, 0.3) is 11.7 Å². The Labute approximate surface area is 223 Å². The number of benzene rings is 2. The third-order valence-corrected chi connectivity index (χ3v) is 8.68. The zero-order chi connectivity index (χ0) is 27.4. The number of nitrogens with zero attached hydrogens (tertiary/aromatic N) is 3. The Balaban J connectivity index is 1.68. The van der Waals surface area contributed by atoms with Crippen LogP contribution in [0.2, 0.25) is 0 Å². The minimum Gasteiger partial charge on any atom is -0.507 e. The van der Waals surface area contributed by atoms with Crippen molar-refractivity contribution in [2.75, 3.05) is 60.6 Å². The number of aliphatic hydroxyl groups excluding tert-OH is 1. The first kappa shape index (κ1) is 27.8. The van der Waals surface area contributed by atoms with Gasteiger partial charge in [0.2, 0.25) is 10.0 Å². The van der Waals surface area contributed by atoms with Crippen LogP contribution < -0.4 is 4.74 Å². The first-order chi connectivity index (χ1) is 18.1. The van der Waals surface area contributed by atoms with Gasteiger partial charge in [-0.05, 0) is 48.4 Å². The maximum absolute atomic E-state index is 13.3. The van der Waals surface area contributed by atoms with Crippen molar-refractivity contribution >= 4 is 27.5 Å². The highest BCUT2D eigenvalue weighted by Crippen LogP contribution is 2.40. The van der Waals surface area contributed by atoms with Crippen LogP contribution in [-0.2, 0) is 24.3 Å². The van der Waals surface area contributed by atoms with E-state index < -0.39 is 27.8 Å². The Hall–Kier alpha value is -3.25. The molecule has 0 aliphatic carbocycles. The molecule has 11 heteroatoms. The van der Waals surface area contributed by atoms with Gasteiger partial charge in [-0.15, -0.1) is 0 Å². The van der Waals surface area contributed by atoms with E-state index in [1.165, 1.54) is 43.3 Å². The number of ketones is 1. The fraction of sp³-hybridized carbons (Fsp3) is 0.407. The minimum absolute atomic E-state index is 0.0326. The second-order valence-corrected chi connectivity index (χ2v) is 11.5. The highest BCUT2D eigenvalue weighted by molar-refractivity contribution is 7.89. The summed E-state index contributed by atoms with van der Waals surface area (Å²) in [7, 11) is 0.743. The quantitative estimate of drug-likeness (QED) is 0.290. The van der Waals surface area contributed by atoms with Gasteiger partial charge in [-0.3, -0.25) is 14.5 Å². The number of methoxy groups -OCH3 is 1. The molecule has 2 aliphatic rings. The summed E-state index contributed by atoms with van der Waals surface area (Å²) in [6.45, 7) is 4.06.